The molecule has 2 N–H and O–H groups in total. The molecule has 0 saturated carbocycles. The van der Waals surface area contributed by atoms with E-state index in [0.29, 0.717) is 12.4 Å². The fourth-order valence-electron chi connectivity index (χ4n) is 1.56. The second-order valence-corrected chi connectivity index (χ2v) is 5.16. The summed E-state index contributed by atoms with van der Waals surface area (Å²) >= 11 is 0. The van der Waals surface area contributed by atoms with E-state index in [1.807, 2.05) is 11.9 Å². The molecule has 88 valence electrons. The lowest BCUT2D eigenvalue weighted by Crippen LogP contribution is -2.29. The molecule has 1 aromatic rings. The van der Waals surface area contributed by atoms with Gasteiger partial charge in [0.2, 0.25) is 0 Å². The Morgan fingerprint density at radius 1 is 1.50 bits per heavy atom. The van der Waals surface area contributed by atoms with Gasteiger partial charge < -0.3 is 14.8 Å². The van der Waals surface area contributed by atoms with Gasteiger partial charge in [-0.25, -0.2) is 8.42 Å². The van der Waals surface area contributed by atoms with E-state index in [4.69, 9.17) is 9.94 Å². The van der Waals surface area contributed by atoms with Crippen LogP contribution in [0.1, 0.15) is 0 Å². The second-order valence-electron chi connectivity index (χ2n) is 3.49. The van der Waals surface area contributed by atoms with Crippen molar-refractivity contribution in [2.45, 2.75) is 4.90 Å². The van der Waals surface area contributed by atoms with Gasteiger partial charge in [-0.05, 0) is 12.1 Å². The molecule has 0 amide bonds. The van der Waals surface area contributed by atoms with Gasteiger partial charge in [0.05, 0.1) is 17.1 Å². The topological polar surface area (TPSA) is 78.9 Å². The normalized spacial score (nSPS) is 15.5. The largest absolute Gasteiger partial charge is 0.490 e. The SMILES string of the molecule is CN1CCOc2cc(S(=O)(=O)NO)ccc21. The van der Waals surface area contributed by atoms with Crippen molar-refractivity contribution < 1.29 is 18.4 Å². The van der Waals surface area contributed by atoms with E-state index in [1.165, 1.54) is 17.0 Å². The van der Waals surface area contributed by atoms with E-state index in [-0.39, 0.29) is 4.90 Å². The minimum Gasteiger partial charge on any atom is -0.490 e. The van der Waals surface area contributed by atoms with Gasteiger partial charge in [0.15, 0.2) is 0 Å². The summed E-state index contributed by atoms with van der Waals surface area (Å²) in [6.07, 6.45) is 0. The molecule has 1 aliphatic heterocycles. The summed E-state index contributed by atoms with van der Waals surface area (Å²) in [5.74, 6) is 0.505. The van der Waals surface area contributed by atoms with E-state index in [2.05, 4.69) is 0 Å². The van der Waals surface area contributed by atoms with Crippen molar-refractivity contribution in [1.29, 1.82) is 0 Å². The van der Waals surface area contributed by atoms with E-state index in [9.17, 15) is 8.42 Å². The zero-order chi connectivity index (χ0) is 11.8. The first kappa shape index (κ1) is 11.2. The maximum Gasteiger partial charge on any atom is 0.262 e. The number of likely N-dealkylation sites (N-methyl/N-ethyl adjacent to an activating group) is 1. The molecular weight excluding hydrogens is 232 g/mol. The van der Waals surface area contributed by atoms with Crippen LogP contribution in [0.15, 0.2) is 23.1 Å². The summed E-state index contributed by atoms with van der Waals surface area (Å²) in [7, 11) is -1.94. The Kier molecular flexibility index (Phi) is 2.75. The number of hydrogen-bond donors (Lipinski definition) is 2. The second kappa shape index (κ2) is 3.93. The lowest BCUT2D eigenvalue weighted by atomic mass is 10.2. The van der Waals surface area contributed by atoms with E-state index in [1.54, 1.807) is 6.07 Å². The van der Waals surface area contributed by atoms with Gasteiger partial charge in [0.1, 0.15) is 12.4 Å². The quantitative estimate of drug-likeness (QED) is 0.726. The Balaban J connectivity index is 2.47. The van der Waals surface area contributed by atoms with Crippen molar-refractivity contribution in [2.75, 3.05) is 25.1 Å². The third kappa shape index (κ3) is 1.84. The van der Waals surface area contributed by atoms with Gasteiger partial charge >= 0.3 is 0 Å². The van der Waals surface area contributed by atoms with Gasteiger partial charge in [-0.15, -0.1) is 0 Å². The van der Waals surface area contributed by atoms with Crippen LogP contribution in [0, 0.1) is 0 Å². The van der Waals surface area contributed by atoms with Crippen molar-refractivity contribution in [1.82, 2.24) is 4.89 Å². The number of rotatable bonds is 2. The van der Waals surface area contributed by atoms with Gasteiger partial charge in [-0.2, -0.15) is 0 Å². The molecule has 0 radical (unpaired) electrons. The minimum atomic E-state index is -3.84. The summed E-state index contributed by atoms with van der Waals surface area (Å²) in [5.41, 5.74) is 0.836. The van der Waals surface area contributed by atoms with E-state index in [0.717, 1.165) is 12.2 Å². The molecule has 0 atom stereocenters. The van der Waals surface area contributed by atoms with Crippen LogP contribution in [-0.2, 0) is 10.0 Å². The van der Waals surface area contributed by atoms with Crippen molar-refractivity contribution in [3.63, 3.8) is 0 Å². The first-order chi connectivity index (χ1) is 7.54. The number of anilines is 1. The molecule has 0 fully saturated rings. The third-order valence-electron chi connectivity index (χ3n) is 2.46. The molecule has 0 aromatic heterocycles. The smallest absolute Gasteiger partial charge is 0.262 e. The molecule has 16 heavy (non-hydrogen) atoms. The lowest BCUT2D eigenvalue weighted by Gasteiger charge is -2.27. The predicted molar refractivity (Wildman–Crippen MR) is 57.3 cm³/mol. The first-order valence-electron chi connectivity index (χ1n) is 4.68. The molecule has 1 aromatic carbocycles. The molecule has 2 rings (SSSR count). The van der Waals surface area contributed by atoms with Crippen molar-refractivity contribution in [3.05, 3.63) is 18.2 Å². The number of fused-ring (bicyclic) bond motifs is 1. The van der Waals surface area contributed by atoms with Crippen LogP contribution in [0.4, 0.5) is 5.69 Å². The average Bonchev–Trinajstić information content (AvgIpc) is 2.29. The zero-order valence-electron chi connectivity index (χ0n) is 8.67. The van der Waals surface area contributed by atoms with E-state index < -0.39 is 10.0 Å². The van der Waals surface area contributed by atoms with Crippen LogP contribution in [-0.4, -0.2) is 33.8 Å². The van der Waals surface area contributed by atoms with Crippen molar-refractivity contribution in [2.24, 2.45) is 0 Å². The van der Waals surface area contributed by atoms with Crippen LogP contribution < -0.4 is 14.5 Å². The molecule has 7 heteroatoms. The first-order valence-corrected chi connectivity index (χ1v) is 6.17. The molecule has 0 bridgehead atoms. The highest BCUT2D eigenvalue weighted by Gasteiger charge is 2.19. The molecule has 0 spiro atoms. The highest BCUT2D eigenvalue weighted by atomic mass is 32.2. The third-order valence-corrected chi connectivity index (χ3v) is 3.57. The zero-order valence-corrected chi connectivity index (χ0v) is 9.49. The van der Waals surface area contributed by atoms with Crippen LogP contribution >= 0.6 is 0 Å². The number of nitrogens with one attached hydrogen (secondary N) is 1. The molecule has 0 saturated heterocycles. The summed E-state index contributed by atoms with van der Waals surface area (Å²) in [5, 5.41) is 8.51. The Morgan fingerprint density at radius 2 is 2.25 bits per heavy atom. The fourth-order valence-corrected chi connectivity index (χ4v) is 2.17. The maximum atomic E-state index is 11.3. The van der Waals surface area contributed by atoms with Gasteiger partial charge in [-0.1, -0.05) is 4.89 Å². The highest BCUT2D eigenvalue weighted by Crippen LogP contribution is 2.32. The minimum absolute atomic E-state index is 0.0240. The summed E-state index contributed by atoms with van der Waals surface area (Å²) in [6, 6.07) is 4.46. The van der Waals surface area contributed by atoms with Gasteiger partial charge in [-0.3, -0.25) is 0 Å². The number of sulfonamides is 1. The molecule has 0 unspecified atom stereocenters. The molecule has 1 aliphatic rings. The van der Waals surface area contributed by atoms with Gasteiger partial charge in [0.25, 0.3) is 10.0 Å². The van der Waals surface area contributed by atoms with Gasteiger partial charge in [0, 0.05) is 13.1 Å². The Hall–Kier alpha value is -1.31. The highest BCUT2D eigenvalue weighted by molar-refractivity contribution is 7.89. The maximum absolute atomic E-state index is 11.3. The number of ether oxygens (including phenoxy) is 1. The summed E-state index contributed by atoms with van der Waals surface area (Å²) < 4.78 is 28.0. The Morgan fingerprint density at radius 3 is 2.94 bits per heavy atom. The average molecular weight is 244 g/mol. The van der Waals surface area contributed by atoms with Crippen LogP contribution in [0.25, 0.3) is 0 Å². The van der Waals surface area contributed by atoms with Crippen LogP contribution in [0.5, 0.6) is 5.75 Å². The summed E-state index contributed by atoms with van der Waals surface area (Å²) in [4.78, 5) is 3.23. The Labute approximate surface area is 93.5 Å². The molecule has 1 heterocycles. The summed E-state index contributed by atoms with van der Waals surface area (Å²) in [6.45, 7) is 1.27. The standard InChI is InChI=1S/C9H12N2O4S/c1-11-4-5-15-9-6-7(2-3-8(9)11)16(13,14)10-12/h2-3,6,10,12H,4-5H2,1H3. The number of benzene rings is 1. The fraction of sp³-hybridized carbons (Fsp3) is 0.333. The monoisotopic (exact) mass is 244 g/mol. The predicted octanol–water partition coefficient (Wildman–Crippen LogP) is 0.183. The number of hydrogen-bond acceptors (Lipinski definition) is 5. The number of nitrogens with zero attached hydrogens (tertiary/aromatic N) is 1. The van der Waals surface area contributed by atoms with Crippen molar-refractivity contribution >= 4 is 15.7 Å². The van der Waals surface area contributed by atoms with Crippen LogP contribution in [0.2, 0.25) is 0 Å². The molecule has 6 nitrogen and oxygen atoms in total. The molecular formula is C9H12N2O4S. The Bertz CT molecular complexity index is 500. The van der Waals surface area contributed by atoms with Crippen LogP contribution in [0.3, 0.4) is 0 Å². The lowest BCUT2D eigenvalue weighted by molar-refractivity contribution is 0.242. The molecule has 0 aliphatic carbocycles. The van der Waals surface area contributed by atoms with Crippen molar-refractivity contribution in [3.8, 4) is 5.75 Å². The van der Waals surface area contributed by atoms with E-state index >= 15 is 0 Å².